The van der Waals surface area contributed by atoms with Crippen molar-refractivity contribution < 1.29 is 9.84 Å². The van der Waals surface area contributed by atoms with E-state index in [4.69, 9.17) is 4.74 Å². The molecule has 0 aliphatic carbocycles. The van der Waals surface area contributed by atoms with Crippen molar-refractivity contribution in [2.24, 2.45) is 5.92 Å². The van der Waals surface area contributed by atoms with E-state index in [0.29, 0.717) is 19.1 Å². The fraction of sp³-hybridized carbons (Fsp3) is 0.571. The Morgan fingerprint density at radius 3 is 2.94 bits per heavy atom. The van der Waals surface area contributed by atoms with Gasteiger partial charge in [-0.15, -0.1) is 0 Å². The molecule has 1 aromatic rings. The minimum absolute atomic E-state index is 0.223. The standard InChI is InChI=1S/C14H22N2O2/c1-2-18-14-6-4-3-5-11(14)7-15-8-12-9-16-10-13(12)17/h3-6,12-13,15-17H,2,7-10H2,1H3. The Labute approximate surface area is 108 Å². The number of rotatable bonds is 6. The lowest BCUT2D eigenvalue weighted by molar-refractivity contribution is 0.146. The van der Waals surface area contributed by atoms with Gasteiger partial charge in [0.15, 0.2) is 0 Å². The highest BCUT2D eigenvalue weighted by molar-refractivity contribution is 5.33. The van der Waals surface area contributed by atoms with Gasteiger partial charge in [-0.3, -0.25) is 0 Å². The zero-order chi connectivity index (χ0) is 12.8. The third-order valence-electron chi connectivity index (χ3n) is 3.30. The average molecular weight is 250 g/mol. The van der Waals surface area contributed by atoms with Crippen LogP contribution in [0.2, 0.25) is 0 Å². The van der Waals surface area contributed by atoms with E-state index in [1.54, 1.807) is 0 Å². The molecule has 2 atom stereocenters. The summed E-state index contributed by atoms with van der Waals surface area (Å²) in [7, 11) is 0. The topological polar surface area (TPSA) is 53.5 Å². The normalized spacial score (nSPS) is 23.2. The number of hydrogen-bond donors (Lipinski definition) is 3. The first-order chi connectivity index (χ1) is 8.81. The molecule has 100 valence electrons. The molecule has 0 saturated carbocycles. The lowest BCUT2D eigenvalue weighted by Crippen LogP contribution is -2.30. The number of aliphatic hydroxyl groups excluding tert-OH is 1. The Kier molecular flexibility index (Phi) is 4.99. The first kappa shape index (κ1) is 13.3. The van der Waals surface area contributed by atoms with Crippen LogP contribution >= 0.6 is 0 Å². The maximum Gasteiger partial charge on any atom is 0.123 e. The maximum absolute atomic E-state index is 9.70. The molecule has 1 fully saturated rings. The van der Waals surface area contributed by atoms with Crippen LogP contribution < -0.4 is 15.4 Å². The van der Waals surface area contributed by atoms with Gasteiger partial charge < -0.3 is 20.5 Å². The summed E-state index contributed by atoms with van der Waals surface area (Å²) in [4.78, 5) is 0. The van der Waals surface area contributed by atoms with Gasteiger partial charge in [0.2, 0.25) is 0 Å². The number of β-amino-alcohol motifs (C(OH)–C–C–N with tert-alkyl or cyclic N) is 1. The van der Waals surface area contributed by atoms with Gasteiger partial charge in [0.05, 0.1) is 12.7 Å². The fourth-order valence-electron chi connectivity index (χ4n) is 2.27. The van der Waals surface area contributed by atoms with E-state index < -0.39 is 0 Å². The summed E-state index contributed by atoms with van der Waals surface area (Å²) in [6.45, 7) is 5.88. The number of hydrogen-bond acceptors (Lipinski definition) is 4. The summed E-state index contributed by atoms with van der Waals surface area (Å²) in [6.07, 6.45) is -0.223. The van der Waals surface area contributed by atoms with E-state index in [-0.39, 0.29) is 6.10 Å². The molecule has 1 aliphatic rings. The molecule has 2 rings (SSSR count). The number of benzene rings is 1. The molecule has 18 heavy (non-hydrogen) atoms. The zero-order valence-corrected chi connectivity index (χ0v) is 10.9. The van der Waals surface area contributed by atoms with Crippen LogP contribution in [0.15, 0.2) is 24.3 Å². The van der Waals surface area contributed by atoms with Crippen LogP contribution in [-0.2, 0) is 6.54 Å². The largest absolute Gasteiger partial charge is 0.494 e. The molecular formula is C14H22N2O2. The molecule has 1 aliphatic heterocycles. The average Bonchev–Trinajstić information content (AvgIpc) is 2.78. The summed E-state index contributed by atoms with van der Waals surface area (Å²) < 4.78 is 5.58. The van der Waals surface area contributed by atoms with Gasteiger partial charge in [0.25, 0.3) is 0 Å². The summed E-state index contributed by atoms with van der Waals surface area (Å²) in [6, 6.07) is 8.07. The van der Waals surface area contributed by atoms with Gasteiger partial charge in [-0.05, 0) is 13.0 Å². The summed E-state index contributed by atoms with van der Waals surface area (Å²) in [5.74, 6) is 1.25. The zero-order valence-electron chi connectivity index (χ0n) is 10.9. The second-order valence-electron chi connectivity index (χ2n) is 4.66. The highest BCUT2D eigenvalue weighted by Crippen LogP contribution is 2.17. The second-order valence-corrected chi connectivity index (χ2v) is 4.66. The van der Waals surface area contributed by atoms with Gasteiger partial charge in [-0.25, -0.2) is 0 Å². The minimum atomic E-state index is -0.223. The highest BCUT2D eigenvalue weighted by Gasteiger charge is 2.24. The number of aliphatic hydroxyl groups is 1. The number of para-hydroxylation sites is 1. The van der Waals surface area contributed by atoms with Crippen LogP contribution in [0.3, 0.4) is 0 Å². The molecule has 4 heteroatoms. The molecule has 0 amide bonds. The number of ether oxygens (including phenoxy) is 1. The van der Waals surface area contributed by atoms with Crippen LogP contribution in [-0.4, -0.2) is 37.5 Å². The van der Waals surface area contributed by atoms with Crippen LogP contribution in [0, 0.1) is 5.92 Å². The quantitative estimate of drug-likeness (QED) is 0.697. The predicted octanol–water partition coefficient (Wildman–Crippen LogP) is 0.755. The number of nitrogens with one attached hydrogen (secondary N) is 2. The van der Waals surface area contributed by atoms with Gasteiger partial charge in [-0.1, -0.05) is 18.2 Å². The Bertz CT molecular complexity index is 371. The van der Waals surface area contributed by atoms with Gasteiger partial charge in [0.1, 0.15) is 5.75 Å². The van der Waals surface area contributed by atoms with E-state index in [1.165, 1.54) is 5.56 Å². The molecule has 1 aromatic carbocycles. The van der Waals surface area contributed by atoms with Crippen LogP contribution in [0.4, 0.5) is 0 Å². The lowest BCUT2D eigenvalue weighted by atomic mass is 10.1. The van der Waals surface area contributed by atoms with Crippen molar-refractivity contribution in [3.8, 4) is 5.75 Å². The SMILES string of the molecule is CCOc1ccccc1CNCC1CNCC1O. The van der Waals surface area contributed by atoms with Gasteiger partial charge in [0, 0.05) is 37.7 Å². The summed E-state index contributed by atoms with van der Waals surface area (Å²) >= 11 is 0. The maximum atomic E-state index is 9.70. The molecule has 0 aromatic heterocycles. The van der Waals surface area contributed by atoms with Crippen molar-refractivity contribution >= 4 is 0 Å². The first-order valence-electron chi connectivity index (χ1n) is 6.61. The summed E-state index contributed by atoms with van der Waals surface area (Å²) in [5.41, 5.74) is 1.17. The molecule has 1 saturated heterocycles. The first-order valence-corrected chi connectivity index (χ1v) is 6.61. The molecule has 4 nitrogen and oxygen atoms in total. The minimum Gasteiger partial charge on any atom is -0.494 e. The molecular weight excluding hydrogens is 228 g/mol. The van der Waals surface area contributed by atoms with Gasteiger partial charge in [-0.2, -0.15) is 0 Å². The van der Waals surface area contributed by atoms with E-state index in [1.807, 2.05) is 25.1 Å². The summed E-state index contributed by atoms with van der Waals surface area (Å²) in [5, 5.41) is 16.3. The Balaban J connectivity index is 1.82. The Morgan fingerprint density at radius 2 is 2.22 bits per heavy atom. The molecule has 3 N–H and O–H groups in total. The smallest absolute Gasteiger partial charge is 0.123 e. The molecule has 2 unspecified atom stereocenters. The molecule has 0 bridgehead atoms. The second kappa shape index (κ2) is 6.73. The highest BCUT2D eigenvalue weighted by atomic mass is 16.5. The van der Waals surface area contributed by atoms with Crippen LogP contribution in [0.25, 0.3) is 0 Å². The van der Waals surface area contributed by atoms with Gasteiger partial charge >= 0.3 is 0 Å². The van der Waals surface area contributed by atoms with Crippen LogP contribution in [0.1, 0.15) is 12.5 Å². The van der Waals surface area contributed by atoms with Crippen molar-refractivity contribution in [2.45, 2.75) is 19.6 Å². The molecule has 0 spiro atoms. The third kappa shape index (κ3) is 3.45. The van der Waals surface area contributed by atoms with E-state index in [2.05, 4.69) is 16.7 Å². The third-order valence-corrected chi connectivity index (χ3v) is 3.30. The van der Waals surface area contributed by atoms with E-state index in [9.17, 15) is 5.11 Å². The van der Waals surface area contributed by atoms with Crippen molar-refractivity contribution in [3.63, 3.8) is 0 Å². The lowest BCUT2D eigenvalue weighted by Gasteiger charge is -2.15. The van der Waals surface area contributed by atoms with Crippen molar-refractivity contribution in [1.29, 1.82) is 0 Å². The monoisotopic (exact) mass is 250 g/mol. The molecule has 1 heterocycles. The van der Waals surface area contributed by atoms with Crippen molar-refractivity contribution in [3.05, 3.63) is 29.8 Å². The van der Waals surface area contributed by atoms with Crippen molar-refractivity contribution in [2.75, 3.05) is 26.2 Å². The fourth-order valence-corrected chi connectivity index (χ4v) is 2.27. The predicted molar refractivity (Wildman–Crippen MR) is 71.7 cm³/mol. The Hall–Kier alpha value is -1.10. The van der Waals surface area contributed by atoms with Crippen molar-refractivity contribution in [1.82, 2.24) is 10.6 Å². The van der Waals surface area contributed by atoms with E-state index >= 15 is 0 Å². The molecule has 0 radical (unpaired) electrons. The van der Waals surface area contributed by atoms with Crippen LogP contribution in [0.5, 0.6) is 5.75 Å². The van der Waals surface area contributed by atoms with E-state index in [0.717, 1.165) is 25.4 Å². The Morgan fingerprint density at radius 1 is 1.39 bits per heavy atom.